The van der Waals surface area contributed by atoms with Gasteiger partial charge >= 0.3 is 0 Å². The first-order valence-corrected chi connectivity index (χ1v) is 8.65. The smallest absolute Gasteiger partial charge is 0.252 e. The molecular formula is C20H17FN2OS. The van der Waals surface area contributed by atoms with Gasteiger partial charge in [-0.2, -0.15) is 4.99 Å². The topological polar surface area (TPSA) is 34.4 Å². The molecule has 1 aromatic heterocycles. The Morgan fingerprint density at radius 1 is 1.28 bits per heavy atom. The van der Waals surface area contributed by atoms with Gasteiger partial charge in [0.2, 0.25) is 0 Å². The van der Waals surface area contributed by atoms with Crippen LogP contribution in [0.15, 0.2) is 41.4 Å². The Hall–Kier alpha value is -2.71. The summed E-state index contributed by atoms with van der Waals surface area (Å²) in [6, 6.07) is 10.5. The molecule has 0 atom stereocenters. The third-order valence-corrected chi connectivity index (χ3v) is 5.00. The van der Waals surface area contributed by atoms with Gasteiger partial charge in [0, 0.05) is 0 Å². The van der Waals surface area contributed by atoms with E-state index >= 15 is 0 Å². The van der Waals surface area contributed by atoms with Crippen LogP contribution in [-0.2, 0) is 17.8 Å². The fraction of sp³-hybridized carbons (Fsp3) is 0.200. The molecule has 3 nitrogen and oxygen atoms in total. The van der Waals surface area contributed by atoms with Gasteiger partial charge in [-0.1, -0.05) is 41.0 Å². The SMILES string of the molecule is C#CCn1c(=NC(=O)Cc2cc(C)ccc2C)sc2cc(F)ccc21. The van der Waals surface area contributed by atoms with Crippen LogP contribution in [0.4, 0.5) is 4.39 Å². The molecule has 0 saturated heterocycles. The second-order valence-electron chi connectivity index (χ2n) is 5.90. The van der Waals surface area contributed by atoms with E-state index in [1.807, 2.05) is 32.0 Å². The number of hydrogen-bond donors (Lipinski definition) is 0. The fourth-order valence-corrected chi connectivity index (χ4v) is 3.75. The number of aryl methyl sites for hydroxylation is 2. The minimum absolute atomic E-state index is 0.228. The lowest BCUT2D eigenvalue weighted by atomic mass is 10.0. The maximum absolute atomic E-state index is 13.5. The van der Waals surface area contributed by atoms with Crippen LogP contribution in [0.1, 0.15) is 16.7 Å². The molecule has 0 aliphatic carbocycles. The molecule has 3 aromatic rings. The van der Waals surface area contributed by atoms with Crippen molar-refractivity contribution in [1.29, 1.82) is 0 Å². The first-order valence-electron chi connectivity index (χ1n) is 7.84. The molecule has 5 heteroatoms. The molecular weight excluding hydrogens is 335 g/mol. The van der Waals surface area contributed by atoms with Crippen molar-refractivity contribution in [2.24, 2.45) is 4.99 Å². The highest BCUT2D eigenvalue weighted by atomic mass is 32.1. The predicted octanol–water partition coefficient (Wildman–Crippen LogP) is 3.76. The van der Waals surface area contributed by atoms with Crippen LogP contribution in [-0.4, -0.2) is 10.5 Å². The second-order valence-corrected chi connectivity index (χ2v) is 6.91. The zero-order valence-electron chi connectivity index (χ0n) is 14.0. The summed E-state index contributed by atoms with van der Waals surface area (Å²) in [4.78, 5) is 17.2. The summed E-state index contributed by atoms with van der Waals surface area (Å²) >= 11 is 1.26. The summed E-state index contributed by atoms with van der Waals surface area (Å²) in [5.74, 6) is 1.99. The Kier molecular flexibility index (Phi) is 4.82. The molecule has 126 valence electrons. The molecule has 0 fully saturated rings. The highest BCUT2D eigenvalue weighted by Crippen LogP contribution is 2.18. The van der Waals surface area contributed by atoms with E-state index in [-0.39, 0.29) is 24.7 Å². The van der Waals surface area contributed by atoms with Crippen LogP contribution in [0.5, 0.6) is 0 Å². The van der Waals surface area contributed by atoms with Gasteiger partial charge in [-0.3, -0.25) is 4.79 Å². The molecule has 1 heterocycles. The van der Waals surface area contributed by atoms with Crippen molar-refractivity contribution in [3.63, 3.8) is 0 Å². The van der Waals surface area contributed by atoms with E-state index in [0.717, 1.165) is 22.2 Å². The summed E-state index contributed by atoms with van der Waals surface area (Å²) in [7, 11) is 0. The lowest BCUT2D eigenvalue weighted by molar-refractivity contribution is -0.117. The number of benzene rings is 2. The molecule has 1 amide bonds. The molecule has 25 heavy (non-hydrogen) atoms. The fourth-order valence-electron chi connectivity index (χ4n) is 2.68. The van der Waals surface area contributed by atoms with Crippen LogP contribution in [0.2, 0.25) is 0 Å². The average molecular weight is 352 g/mol. The van der Waals surface area contributed by atoms with Gasteiger partial charge in [-0.15, -0.1) is 6.42 Å². The number of carbonyl (C=O) groups excluding carboxylic acids is 1. The first-order chi connectivity index (χ1) is 12.0. The number of fused-ring (bicyclic) bond motifs is 1. The lowest BCUT2D eigenvalue weighted by Gasteiger charge is -2.04. The van der Waals surface area contributed by atoms with E-state index in [1.54, 1.807) is 10.6 Å². The Morgan fingerprint density at radius 3 is 2.84 bits per heavy atom. The number of terminal acetylenes is 1. The Labute approximate surface area is 149 Å². The van der Waals surface area contributed by atoms with Gasteiger partial charge in [0.15, 0.2) is 4.80 Å². The summed E-state index contributed by atoms with van der Waals surface area (Å²) in [6.45, 7) is 4.25. The quantitative estimate of drug-likeness (QED) is 0.661. The number of halogens is 1. The monoisotopic (exact) mass is 352 g/mol. The third-order valence-electron chi connectivity index (χ3n) is 3.96. The van der Waals surface area contributed by atoms with Crippen LogP contribution in [0.25, 0.3) is 10.2 Å². The van der Waals surface area contributed by atoms with Crippen molar-refractivity contribution in [1.82, 2.24) is 4.57 Å². The molecule has 0 bridgehead atoms. The van der Waals surface area contributed by atoms with Crippen molar-refractivity contribution in [2.45, 2.75) is 26.8 Å². The minimum atomic E-state index is -0.324. The van der Waals surface area contributed by atoms with E-state index in [1.165, 1.54) is 23.5 Å². The Morgan fingerprint density at radius 2 is 2.08 bits per heavy atom. The number of aromatic nitrogens is 1. The molecule has 0 aliphatic heterocycles. The zero-order valence-corrected chi connectivity index (χ0v) is 14.9. The summed E-state index contributed by atoms with van der Waals surface area (Å²) < 4.78 is 15.9. The van der Waals surface area contributed by atoms with Gasteiger partial charge in [0.1, 0.15) is 5.82 Å². The van der Waals surface area contributed by atoms with Crippen LogP contribution in [0, 0.1) is 32.0 Å². The second kappa shape index (κ2) is 7.04. The first kappa shape index (κ1) is 17.1. The highest BCUT2D eigenvalue weighted by molar-refractivity contribution is 7.16. The van der Waals surface area contributed by atoms with Crippen LogP contribution >= 0.6 is 11.3 Å². The van der Waals surface area contributed by atoms with Crippen molar-refractivity contribution in [3.05, 3.63) is 63.7 Å². The van der Waals surface area contributed by atoms with Gasteiger partial charge in [0.05, 0.1) is 23.2 Å². The Bertz CT molecular complexity index is 1070. The van der Waals surface area contributed by atoms with E-state index < -0.39 is 0 Å². The standard InChI is InChI=1S/C20H17FN2OS/c1-4-9-23-17-8-7-16(21)12-18(17)25-20(23)22-19(24)11-15-10-13(2)5-6-14(15)3/h1,5-8,10,12H,9,11H2,2-3H3. The average Bonchev–Trinajstić information content (AvgIpc) is 2.88. The van der Waals surface area contributed by atoms with Crippen molar-refractivity contribution < 1.29 is 9.18 Å². The van der Waals surface area contributed by atoms with E-state index in [2.05, 4.69) is 10.9 Å². The zero-order chi connectivity index (χ0) is 18.0. The van der Waals surface area contributed by atoms with E-state index in [4.69, 9.17) is 6.42 Å². The van der Waals surface area contributed by atoms with Gasteiger partial charge in [0.25, 0.3) is 5.91 Å². The molecule has 2 aromatic carbocycles. The number of carbonyl (C=O) groups is 1. The molecule has 0 N–H and O–H groups in total. The molecule has 0 spiro atoms. The van der Waals surface area contributed by atoms with Gasteiger partial charge in [-0.25, -0.2) is 4.39 Å². The molecule has 0 aliphatic rings. The van der Waals surface area contributed by atoms with E-state index in [0.29, 0.717) is 9.50 Å². The predicted molar refractivity (Wildman–Crippen MR) is 98.8 cm³/mol. The minimum Gasteiger partial charge on any atom is -0.305 e. The van der Waals surface area contributed by atoms with Crippen molar-refractivity contribution >= 4 is 27.5 Å². The normalized spacial score (nSPS) is 11.7. The number of thiazole rings is 1. The maximum Gasteiger partial charge on any atom is 0.252 e. The Balaban J connectivity index is 2.02. The van der Waals surface area contributed by atoms with Crippen molar-refractivity contribution in [3.8, 4) is 12.3 Å². The summed E-state index contributed by atoms with van der Waals surface area (Å²) in [5.41, 5.74) is 3.91. The number of amides is 1. The van der Waals surface area contributed by atoms with Gasteiger partial charge < -0.3 is 4.57 Å². The largest absolute Gasteiger partial charge is 0.305 e. The molecule has 0 radical (unpaired) electrons. The van der Waals surface area contributed by atoms with Crippen molar-refractivity contribution in [2.75, 3.05) is 0 Å². The highest BCUT2D eigenvalue weighted by Gasteiger charge is 2.10. The summed E-state index contributed by atoms with van der Waals surface area (Å²) in [6.07, 6.45) is 5.66. The third kappa shape index (κ3) is 3.70. The number of nitrogens with zero attached hydrogens (tertiary/aromatic N) is 2. The van der Waals surface area contributed by atoms with Crippen LogP contribution < -0.4 is 4.80 Å². The van der Waals surface area contributed by atoms with E-state index in [9.17, 15) is 9.18 Å². The molecule has 0 saturated carbocycles. The van der Waals surface area contributed by atoms with Crippen LogP contribution in [0.3, 0.4) is 0 Å². The summed E-state index contributed by atoms with van der Waals surface area (Å²) in [5, 5.41) is 0. The molecule has 0 unspecified atom stereocenters. The maximum atomic E-state index is 13.5. The number of hydrogen-bond acceptors (Lipinski definition) is 2. The van der Waals surface area contributed by atoms with Gasteiger partial charge in [-0.05, 0) is 43.2 Å². The molecule has 3 rings (SSSR count). The number of rotatable bonds is 3. The lowest BCUT2D eigenvalue weighted by Crippen LogP contribution is -2.17.